The van der Waals surface area contributed by atoms with Crippen LogP contribution in [0.3, 0.4) is 0 Å². The summed E-state index contributed by atoms with van der Waals surface area (Å²) in [5, 5.41) is 20.5. The van der Waals surface area contributed by atoms with E-state index in [9.17, 15) is 18.5 Å². The minimum Gasteiger partial charge on any atom is -0.372 e. The maximum Gasteiger partial charge on any atom is 0.295 e. The van der Waals surface area contributed by atoms with E-state index in [1.807, 2.05) is 24.3 Å². The molecule has 0 aromatic heterocycles. The number of nitrogens with one attached hydrogen (secondary N) is 1. The summed E-state index contributed by atoms with van der Waals surface area (Å²) in [6, 6.07) is 11.4. The van der Waals surface area contributed by atoms with Crippen molar-refractivity contribution in [2.75, 3.05) is 23.4 Å². The van der Waals surface area contributed by atoms with E-state index in [2.05, 4.69) is 15.4 Å². The first-order valence-electron chi connectivity index (χ1n) is 9.22. The first kappa shape index (κ1) is 20.7. The number of hydrazone groups is 1. The lowest BCUT2D eigenvalue weighted by Gasteiger charge is -2.28. The van der Waals surface area contributed by atoms with Gasteiger partial charge in [-0.15, -0.1) is 0 Å². The molecule has 0 atom stereocenters. The van der Waals surface area contributed by atoms with Crippen LogP contribution in [0.5, 0.6) is 0 Å². The van der Waals surface area contributed by atoms with Gasteiger partial charge in [-0.05, 0) is 56.0 Å². The zero-order valence-corrected chi connectivity index (χ0v) is 16.9. The summed E-state index contributed by atoms with van der Waals surface area (Å²) in [6.45, 7) is 3.91. The first-order chi connectivity index (χ1) is 13.8. The number of rotatable bonds is 6. The van der Waals surface area contributed by atoms with Crippen molar-refractivity contribution in [3.63, 3.8) is 0 Å². The SMILES string of the molecule is C/C(=N/Nc1ccc(S(N)(=O)=O)cc1[N+](=O)[O-])c1ccc(N2CCCCC2)cc1. The summed E-state index contributed by atoms with van der Waals surface area (Å²) in [7, 11) is -4.04. The van der Waals surface area contributed by atoms with Gasteiger partial charge in [-0.1, -0.05) is 12.1 Å². The average molecular weight is 417 g/mol. The smallest absolute Gasteiger partial charge is 0.295 e. The third-order valence-corrected chi connectivity index (χ3v) is 5.76. The summed E-state index contributed by atoms with van der Waals surface area (Å²) in [6.07, 6.45) is 3.68. The Kier molecular flexibility index (Phi) is 6.14. The predicted molar refractivity (Wildman–Crippen MR) is 113 cm³/mol. The molecular formula is C19H23N5O4S. The zero-order chi connectivity index (χ0) is 21.0. The van der Waals surface area contributed by atoms with Gasteiger partial charge in [0.15, 0.2) is 0 Å². The standard InChI is InChI=1S/C19H23N5O4S/c1-14(15-5-7-16(8-6-15)23-11-3-2-4-12-23)21-22-18-10-9-17(29(20,27)28)13-19(18)24(25)26/h5-10,13,22H,2-4,11-12H2,1H3,(H2,20,27,28)/b21-14-. The molecule has 0 spiro atoms. The predicted octanol–water partition coefficient (Wildman–Crippen LogP) is 3.07. The zero-order valence-electron chi connectivity index (χ0n) is 16.0. The number of anilines is 2. The van der Waals surface area contributed by atoms with Crippen LogP contribution in [0.1, 0.15) is 31.7 Å². The first-order valence-corrected chi connectivity index (χ1v) is 10.8. The molecule has 1 heterocycles. The lowest BCUT2D eigenvalue weighted by molar-refractivity contribution is -0.384. The molecular weight excluding hydrogens is 394 g/mol. The molecule has 29 heavy (non-hydrogen) atoms. The fourth-order valence-electron chi connectivity index (χ4n) is 3.21. The van der Waals surface area contributed by atoms with Gasteiger partial charge in [0.05, 0.1) is 15.5 Å². The van der Waals surface area contributed by atoms with E-state index in [-0.39, 0.29) is 10.6 Å². The third kappa shape index (κ3) is 5.09. The number of primary sulfonamides is 1. The van der Waals surface area contributed by atoms with Crippen molar-refractivity contribution in [2.45, 2.75) is 31.1 Å². The number of nitro benzene ring substituents is 1. The number of piperidine rings is 1. The number of nitro groups is 1. The Bertz CT molecular complexity index is 1030. The van der Waals surface area contributed by atoms with Crippen LogP contribution in [0, 0.1) is 10.1 Å². The summed E-state index contributed by atoms with van der Waals surface area (Å²) < 4.78 is 22.8. The van der Waals surface area contributed by atoms with E-state index >= 15 is 0 Å². The molecule has 2 aromatic rings. The monoisotopic (exact) mass is 417 g/mol. The third-order valence-electron chi connectivity index (χ3n) is 4.84. The van der Waals surface area contributed by atoms with Gasteiger partial charge in [0.1, 0.15) is 5.69 Å². The molecule has 3 N–H and O–H groups in total. The molecule has 9 nitrogen and oxygen atoms in total. The largest absolute Gasteiger partial charge is 0.372 e. The van der Waals surface area contributed by atoms with Crippen molar-refractivity contribution in [3.8, 4) is 0 Å². The molecule has 10 heteroatoms. The lowest BCUT2D eigenvalue weighted by atomic mass is 10.1. The van der Waals surface area contributed by atoms with E-state index in [1.54, 1.807) is 6.92 Å². The number of nitrogens with two attached hydrogens (primary N) is 1. The molecule has 1 aliphatic heterocycles. The van der Waals surface area contributed by atoms with Crippen LogP contribution in [0.2, 0.25) is 0 Å². The quantitative estimate of drug-likeness (QED) is 0.422. The van der Waals surface area contributed by atoms with Gasteiger partial charge in [0.2, 0.25) is 10.0 Å². The highest BCUT2D eigenvalue weighted by atomic mass is 32.2. The normalized spacial score (nSPS) is 15.2. The van der Waals surface area contributed by atoms with Gasteiger partial charge in [-0.25, -0.2) is 13.6 Å². The van der Waals surface area contributed by atoms with Crippen molar-refractivity contribution >= 4 is 32.8 Å². The van der Waals surface area contributed by atoms with Crippen LogP contribution in [-0.4, -0.2) is 32.1 Å². The van der Waals surface area contributed by atoms with Gasteiger partial charge < -0.3 is 4.90 Å². The van der Waals surface area contributed by atoms with E-state index in [1.165, 1.54) is 37.1 Å². The van der Waals surface area contributed by atoms with Crippen molar-refractivity contribution < 1.29 is 13.3 Å². The Balaban J connectivity index is 1.77. The fourth-order valence-corrected chi connectivity index (χ4v) is 3.74. The van der Waals surface area contributed by atoms with Crippen LogP contribution in [0.4, 0.5) is 17.1 Å². The number of nitrogens with zero attached hydrogens (tertiary/aromatic N) is 3. The van der Waals surface area contributed by atoms with Crippen LogP contribution in [-0.2, 0) is 10.0 Å². The van der Waals surface area contributed by atoms with E-state index < -0.39 is 20.6 Å². The number of hydrogen-bond donors (Lipinski definition) is 2. The highest BCUT2D eigenvalue weighted by molar-refractivity contribution is 7.89. The van der Waals surface area contributed by atoms with Crippen LogP contribution in [0.15, 0.2) is 52.5 Å². The topological polar surface area (TPSA) is 131 Å². The number of benzene rings is 2. The number of sulfonamides is 1. The second kappa shape index (κ2) is 8.58. The Hall–Kier alpha value is -2.98. The molecule has 0 radical (unpaired) electrons. The minimum atomic E-state index is -4.04. The molecule has 154 valence electrons. The van der Waals surface area contributed by atoms with Crippen molar-refractivity contribution in [1.29, 1.82) is 0 Å². The second-order valence-electron chi connectivity index (χ2n) is 6.88. The van der Waals surface area contributed by atoms with Crippen molar-refractivity contribution in [3.05, 3.63) is 58.1 Å². The van der Waals surface area contributed by atoms with E-state index in [4.69, 9.17) is 5.14 Å². The maximum atomic E-state index is 11.4. The Labute approximate surface area is 169 Å². The summed E-state index contributed by atoms with van der Waals surface area (Å²) in [5.74, 6) is 0. The van der Waals surface area contributed by atoms with Crippen molar-refractivity contribution in [2.24, 2.45) is 10.2 Å². The highest BCUT2D eigenvalue weighted by Gasteiger charge is 2.19. The molecule has 0 unspecified atom stereocenters. The minimum absolute atomic E-state index is 0.0756. The molecule has 3 rings (SSSR count). The van der Waals surface area contributed by atoms with E-state index in [0.717, 1.165) is 24.7 Å². The molecule has 0 saturated carbocycles. The van der Waals surface area contributed by atoms with Crippen LogP contribution < -0.4 is 15.5 Å². The molecule has 0 bridgehead atoms. The van der Waals surface area contributed by atoms with E-state index in [0.29, 0.717) is 5.71 Å². The summed E-state index contributed by atoms with van der Waals surface area (Å²) in [5.41, 5.74) is 4.99. The van der Waals surface area contributed by atoms with Crippen LogP contribution in [0.25, 0.3) is 0 Å². The van der Waals surface area contributed by atoms with Gasteiger partial charge >= 0.3 is 0 Å². The molecule has 1 aliphatic rings. The molecule has 1 fully saturated rings. The second-order valence-corrected chi connectivity index (χ2v) is 8.45. The Morgan fingerprint density at radius 1 is 1.14 bits per heavy atom. The number of hydrogen-bond acceptors (Lipinski definition) is 7. The molecule has 0 aliphatic carbocycles. The summed E-state index contributed by atoms with van der Waals surface area (Å²) in [4.78, 5) is 12.6. The van der Waals surface area contributed by atoms with Gasteiger partial charge in [-0.2, -0.15) is 5.10 Å². The molecule has 1 saturated heterocycles. The maximum absolute atomic E-state index is 11.4. The molecule has 0 amide bonds. The Morgan fingerprint density at radius 2 is 1.79 bits per heavy atom. The van der Waals surface area contributed by atoms with Gasteiger partial charge in [-0.3, -0.25) is 15.5 Å². The molecule has 2 aromatic carbocycles. The van der Waals surface area contributed by atoms with Crippen LogP contribution >= 0.6 is 0 Å². The van der Waals surface area contributed by atoms with Gasteiger partial charge in [0, 0.05) is 24.8 Å². The Morgan fingerprint density at radius 3 is 2.38 bits per heavy atom. The van der Waals surface area contributed by atoms with Crippen molar-refractivity contribution in [1.82, 2.24) is 0 Å². The summed E-state index contributed by atoms with van der Waals surface area (Å²) >= 11 is 0. The average Bonchev–Trinajstić information content (AvgIpc) is 2.72. The lowest BCUT2D eigenvalue weighted by Crippen LogP contribution is -2.29. The highest BCUT2D eigenvalue weighted by Crippen LogP contribution is 2.27. The van der Waals surface area contributed by atoms with Gasteiger partial charge in [0.25, 0.3) is 5.69 Å². The fraction of sp³-hybridized carbons (Fsp3) is 0.316.